The number of nitrogens with zero attached hydrogens (tertiary/aromatic N) is 3. The molecule has 7 heteroatoms. The zero-order valence-corrected chi connectivity index (χ0v) is 19.4. The molecule has 168 valence electrons. The molecule has 31 heavy (non-hydrogen) atoms. The van der Waals surface area contributed by atoms with Gasteiger partial charge in [0, 0.05) is 49.9 Å². The van der Waals surface area contributed by atoms with Gasteiger partial charge in [0.1, 0.15) is 17.7 Å². The molecule has 0 bridgehead atoms. The number of aromatic amines is 1. The molecule has 0 saturated carbocycles. The number of aromatic nitrogens is 2. The second-order valence-corrected chi connectivity index (χ2v) is 9.13. The number of benzene rings is 1. The van der Waals surface area contributed by atoms with E-state index in [0.29, 0.717) is 16.3 Å². The quantitative estimate of drug-likeness (QED) is 0.707. The molecule has 0 radical (unpaired) electrons. The number of aryl methyl sites for hydroxylation is 2. The van der Waals surface area contributed by atoms with Crippen LogP contribution in [0.1, 0.15) is 66.6 Å². The highest BCUT2D eigenvalue weighted by atomic mass is 35.5. The fraction of sp³-hybridized carbons (Fsp3) is 0.583. The fourth-order valence-corrected chi connectivity index (χ4v) is 4.66. The molecule has 0 aliphatic carbocycles. The summed E-state index contributed by atoms with van der Waals surface area (Å²) >= 11 is 6.24. The smallest absolute Gasteiger partial charge is 0.257 e. The van der Waals surface area contributed by atoms with Gasteiger partial charge in [0.25, 0.3) is 5.91 Å². The molecular formula is C24H33ClN4O2. The van der Waals surface area contributed by atoms with Crippen molar-refractivity contribution in [3.05, 3.63) is 46.0 Å². The molecule has 2 aromatic rings. The maximum absolute atomic E-state index is 13.1. The molecule has 6 nitrogen and oxygen atoms in total. The Bertz CT molecular complexity index is 899. The molecule has 1 N–H and O–H groups in total. The molecule has 1 aromatic heterocycles. The summed E-state index contributed by atoms with van der Waals surface area (Å²) < 4.78 is 6.34. The minimum Gasteiger partial charge on any atom is -0.489 e. The molecule has 2 aliphatic heterocycles. The van der Waals surface area contributed by atoms with Gasteiger partial charge in [-0.05, 0) is 57.2 Å². The number of nitrogens with one attached hydrogen (secondary N) is 1. The van der Waals surface area contributed by atoms with Crippen LogP contribution in [0.25, 0.3) is 0 Å². The van der Waals surface area contributed by atoms with E-state index in [1.54, 1.807) is 12.1 Å². The molecule has 1 aromatic carbocycles. The van der Waals surface area contributed by atoms with Gasteiger partial charge in [-0.25, -0.2) is 4.98 Å². The summed E-state index contributed by atoms with van der Waals surface area (Å²) in [5.74, 6) is 1.74. The van der Waals surface area contributed by atoms with E-state index in [4.69, 9.17) is 21.3 Å². The first kappa shape index (κ1) is 22.2. The molecule has 2 saturated heterocycles. The van der Waals surface area contributed by atoms with Crippen molar-refractivity contribution in [1.29, 1.82) is 0 Å². The Balaban J connectivity index is 1.37. The largest absolute Gasteiger partial charge is 0.489 e. The average Bonchev–Trinajstić information content (AvgIpc) is 3.15. The third kappa shape index (κ3) is 5.42. The van der Waals surface area contributed by atoms with Crippen molar-refractivity contribution >= 4 is 17.5 Å². The predicted molar refractivity (Wildman–Crippen MR) is 123 cm³/mol. The van der Waals surface area contributed by atoms with Crippen LogP contribution in [-0.4, -0.2) is 58.0 Å². The van der Waals surface area contributed by atoms with Gasteiger partial charge in [0.15, 0.2) is 0 Å². The van der Waals surface area contributed by atoms with Gasteiger partial charge >= 0.3 is 0 Å². The van der Waals surface area contributed by atoms with Crippen LogP contribution >= 0.6 is 11.6 Å². The minimum atomic E-state index is 0.0598. The summed E-state index contributed by atoms with van der Waals surface area (Å²) in [5.41, 5.74) is 2.93. The van der Waals surface area contributed by atoms with Crippen LogP contribution in [0, 0.1) is 6.92 Å². The van der Waals surface area contributed by atoms with E-state index in [1.807, 2.05) is 11.0 Å². The topological polar surface area (TPSA) is 61.5 Å². The van der Waals surface area contributed by atoms with Crippen molar-refractivity contribution in [2.75, 3.05) is 26.2 Å². The third-order valence-electron chi connectivity index (χ3n) is 6.39. The summed E-state index contributed by atoms with van der Waals surface area (Å²) in [4.78, 5) is 25.5. The van der Waals surface area contributed by atoms with Gasteiger partial charge in [0.05, 0.1) is 11.3 Å². The maximum atomic E-state index is 13.1. The van der Waals surface area contributed by atoms with Gasteiger partial charge in [-0.15, -0.1) is 0 Å². The number of imidazole rings is 1. The Kier molecular flexibility index (Phi) is 7.18. The van der Waals surface area contributed by atoms with E-state index in [1.165, 1.54) is 6.42 Å². The Morgan fingerprint density at radius 3 is 2.61 bits per heavy atom. The van der Waals surface area contributed by atoms with Crippen LogP contribution in [0.4, 0.5) is 0 Å². The van der Waals surface area contributed by atoms with E-state index in [0.717, 1.165) is 82.0 Å². The van der Waals surface area contributed by atoms with Crippen LogP contribution in [0.5, 0.6) is 5.75 Å². The minimum absolute atomic E-state index is 0.0598. The Labute approximate surface area is 189 Å². The van der Waals surface area contributed by atoms with Crippen molar-refractivity contribution in [1.82, 2.24) is 19.8 Å². The average molecular weight is 445 g/mol. The number of hydrogen-bond donors (Lipinski definition) is 1. The highest BCUT2D eigenvalue weighted by Crippen LogP contribution is 2.29. The zero-order valence-electron chi connectivity index (χ0n) is 18.6. The van der Waals surface area contributed by atoms with Gasteiger partial charge < -0.3 is 14.6 Å². The molecule has 2 aliphatic rings. The summed E-state index contributed by atoms with van der Waals surface area (Å²) in [6.07, 6.45) is 6.21. The maximum Gasteiger partial charge on any atom is 0.257 e. The number of H-pyrrole nitrogens is 1. The number of ether oxygens (including phenoxy) is 1. The standard InChI is InChI=1S/C24H33ClN4O2/c1-3-23-26-17(2)21(27-23)16-28-13-9-19(10-14-28)31-22-15-18(25)7-8-20(22)24(30)29-11-5-4-6-12-29/h7-8,15,19H,3-6,9-14,16H2,1-2H3,(H,26,27). The number of piperidine rings is 2. The number of likely N-dealkylation sites (tertiary alicyclic amines) is 2. The number of halogens is 1. The highest BCUT2D eigenvalue weighted by Gasteiger charge is 2.26. The van der Waals surface area contributed by atoms with Crippen molar-refractivity contribution < 1.29 is 9.53 Å². The highest BCUT2D eigenvalue weighted by molar-refractivity contribution is 6.30. The molecule has 0 spiro atoms. The van der Waals surface area contributed by atoms with E-state index in [9.17, 15) is 4.79 Å². The van der Waals surface area contributed by atoms with Crippen molar-refractivity contribution in [2.24, 2.45) is 0 Å². The van der Waals surface area contributed by atoms with Crippen LogP contribution in [0.2, 0.25) is 5.02 Å². The lowest BCUT2D eigenvalue weighted by Gasteiger charge is -2.33. The zero-order chi connectivity index (χ0) is 21.8. The lowest BCUT2D eigenvalue weighted by molar-refractivity contribution is 0.0701. The summed E-state index contributed by atoms with van der Waals surface area (Å²) in [6, 6.07) is 5.39. The number of hydrogen-bond acceptors (Lipinski definition) is 4. The molecule has 0 unspecified atom stereocenters. The molecule has 0 atom stereocenters. The first-order valence-corrected chi connectivity index (χ1v) is 11.9. The SMILES string of the molecule is CCc1nc(CN2CCC(Oc3cc(Cl)ccc3C(=O)N3CCCCC3)CC2)c(C)[nH]1. The van der Waals surface area contributed by atoms with Gasteiger partial charge in [-0.1, -0.05) is 18.5 Å². The Hall–Kier alpha value is -2.05. The lowest BCUT2D eigenvalue weighted by Crippen LogP contribution is -2.39. The van der Waals surface area contributed by atoms with E-state index in [-0.39, 0.29) is 12.0 Å². The van der Waals surface area contributed by atoms with E-state index >= 15 is 0 Å². The summed E-state index contributed by atoms with van der Waals surface area (Å²) in [7, 11) is 0. The second kappa shape index (κ2) is 10.0. The molecule has 2 fully saturated rings. The molecule has 1 amide bonds. The van der Waals surface area contributed by atoms with Crippen molar-refractivity contribution in [3.63, 3.8) is 0 Å². The second-order valence-electron chi connectivity index (χ2n) is 8.70. The van der Waals surface area contributed by atoms with Gasteiger partial charge in [-0.2, -0.15) is 0 Å². The fourth-order valence-electron chi connectivity index (χ4n) is 4.50. The van der Waals surface area contributed by atoms with E-state index < -0.39 is 0 Å². The number of carbonyl (C=O) groups is 1. The van der Waals surface area contributed by atoms with Crippen LogP contribution in [-0.2, 0) is 13.0 Å². The summed E-state index contributed by atoms with van der Waals surface area (Å²) in [6.45, 7) is 8.63. The Morgan fingerprint density at radius 2 is 1.94 bits per heavy atom. The van der Waals surface area contributed by atoms with Crippen LogP contribution < -0.4 is 4.74 Å². The number of carbonyl (C=O) groups excluding carboxylic acids is 1. The Morgan fingerprint density at radius 1 is 1.19 bits per heavy atom. The van der Waals surface area contributed by atoms with Crippen molar-refractivity contribution in [3.8, 4) is 5.75 Å². The normalized spacial score (nSPS) is 18.4. The lowest BCUT2D eigenvalue weighted by atomic mass is 10.1. The molecule has 3 heterocycles. The van der Waals surface area contributed by atoms with Crippen LogP contribution in [0.3, 0.4) is 0 Å². The third-order valence-corrected chi connectivity index (χ3v) is 6.62. The molecule has 4 rings (SSSR count). The summed E-state index contributed by atoms with van der Waals surface area (Å²) in [5, 5.41) is 0.600. The van der Waals surface area contributed by atoms with Crippen molar-refractivity contribution in [2.45, 2.75) is 65.0 Å². The molecular weight excluding hydrogens is 412 g/mol. The monoisotopic (exact) mass is 444 g/mol. The number of amides is 1. The van der Waals surface area contributed by atoms with E-state index in [2.05, 4.69) is 23.7 Å². The predicted octanol–water partition coefficient (Wildman–Crippen LogP) is 4.60. The van der Waals surface area contributed by atoms with Gasteiger partial charge in [0.2, 0.25) is 0 Å². The van der Waals surface area contributed by atoms with Gasteiger partial charge in [-0.3, -0.25) is 9.69 Å². The van der Waals surface area contributed by atoms with Crippen LogP contribution in [0.15, 0.2) is 18.2 Å². The first-order valence-electron chi connectivity index (χ1n) is 11.6. The number of rotatable bonds is 6. The first-order chi connectivity index (χ1) is 15.0.